The predicted octanol–water partition coefficient (Wildman–Crippen LogP) is 3.03. The van der Waals surface area contributed by atoms with Crippen molar-refractivity contribution < 1.29 is 9.13 Å². The molecule has 18 heavy (non-hydrogen) atoms. The van der Waals surface area contributed by atoms with E-state index in [1.165, 1.54) is 19.3 Å². The van der Waals surface area contributed by atoms with Crippen molar-refractivity contribution in [1.82, 2.24) is 9.97 Å². The predicted molar refractivity (Wildman–Crippen MR) is 68.3 cm³/mol. The number of nitrogens with one attached hydrogen (secondary N) is 1. The van der Waals surface area contributed by atoms with Gasteiger partial charge in [-0.05, 0) is 24.4 Å². The fourth-order valence-electron chi connectivity index (χ4n) is 2.10. The Balaban J connectivity index is 1.69. The highest BCUT2D eigenvalue weighted by atomic mass is 35.5. The fraction of sp³-hybridized carbons (Fsp3) is 0.667. The summed E-state index contributed by atoms with van der Waals surface area (Å²) in [5.41, 5.74) is 0. The van der Waals surface area contributed by atoms with E-state index in [0.717, 1.165) is 19.0 Å². The standard InChI is InChI=1S/C12H17ClFN3O/c13-12-16-8-10(14)11(17-12)15-6-7-18-9-4-2-1-3-5-9/h8-9H,1-7H2,(H,15,16,17). The van der Waals surface area contributed by atoms with Gasteiger partial charge in [-0.3, -0.25) is 0 Å². The van der Waals surface area contributed by atoms with Crippen LogP contribution in [0.3, 0.4) is 0 Å². The van der Waals surface area contributed by atoms with Crippen LogP contribution in [-0.2, 0) is 4.74 Å². The molecular formula is C12H17ClFN3O. The molecule has 0 aromatic carbocycles. The summed E-state index contributed by atoms with van der Waals surface area (Å²) >= 11 is 5.59. The zero-order valence-corrected chi connectivity index (χ0v) is 10.9. The van der Waals surface area contributed by atoms with E-state index in [1.54, 1.807) is 0 Å². The first-order chi connectivity index (χ1) is 8.75. The maximum absolute atomic E-state index is 13.3. The smallest absolute Gasteiger partial charge is 0.224 e. The van der Waals surface area contributed by atoms with Gasteiger partial charge in [0.25, 0.3) is 0 Å². The summed E-state index contributed by atoms with van der Waals surface area (Å²) in [6.45, 7) is 1.06. The van der Waals surface area contributed by atoms with Crippen molar-refractivity contribution >= 4 is 17.4 Å². The molecule has 1 aliphatic rings. The van der Waals surface area contributed by atoms with E-state index >= 15 is 0 Å². The van der Waals surface area contributed by atoms with Gasteiger partial charge in [0.05, 0.1) is 18.9 Å². The summed E-state index contributed by atoms with van der Waals surface area (Å²) in [4.78, 5) is 7.32. The van der Waals surface area contributed by atoms with Crippen LogP contribution in [0.1, 0.15) is 32.1 Å². The van der Waals surface area contributed by atoms with Gasteiger partial charge in [-0.2, -0.15) is 4.98 Å². The van der Waals surface area contributed by atoms with Crippen LogP contribution < -0.4 is 5.32 Å². The summed E-state index contributed by atoms with van der Waals surface area (Å²) < 4.78 is 19.0. The van der Waals surface area contributed by atoms with Gasteiger partial charge in [-0.25, -0.2) is 9.37 Å². The molecule has 0 radical (unpaired) electrons. The van der Waals surface area contributed by atoms with Crippen molar-refractivity contribution in [1.29, 1.82) is 0 Å². The molecule has 0 bridgehead atoms. The summed E-state index contributed by atoms with van der Waals surface area (Å²) in [7, 11) is 0. The molecule has 1 N–H and O–H groups in total. The Hall–Kier alpha value is -0.940. The molecule has 0 aliphatic heterocycles. The van der Waals surface area contributed by atoms with E-state index in [2.05, 4.69) is 15.3 Å². The lowest BCUT2D eigenvalue weighted by atomic mass is 9.98. The molecule has 2 rings (SSSR count). The molecule has 1 aliphatic carbocycles. The number of hydrogen-bond donors (Lipinski definition) is 1. The molecule has 0 amide bonds. The Morgan fingerprint density at radius 1 is 1.39 bits per heavy atom. The second-order valence-corrected chi connectivity index (χ2v) is 4.73. The first-order valence-electron chi connectivity index (χ1n) is 6.29. The van der Waals surface area contributed by atoms with E-state index in [1.807, 2.05) is 0 Å². The molecule has 6 heteroatoms. The number of anilines is 1. The highest BCUT2D eigenvalue weighted by Crippen LogP contribution is 2.20. The van der Waals surface area contributed by atoms with Gasteiger partial charge in [-0.15, -0.1) is 0 Å². The van der Waals surface area contributed by atoms with Gasteiger partial charge >= 0.3 is 0 Å². The number of halogens is 2. The number of nitrogens with zero attached hydrogens (tertiary/aromatic N) is 2. The van der Waals surface area contributed by atoms with Gasteiger partial charge in [0.15, 0.2) is 11.6 Å². The monoisotopic (exact) mass is 273 g/mol. The van der Waals surface area contributed by atoms with Crippen molar-refractivity contribution in [2.75, 3.05) is 18.5 Å². The first kappa shape index (κ1) is 13.5. The van der Waals surface area contributed by atoms with E-state index < -0.39 is 5.82 Å². The zero-order valence-electron chi connectivity index (χ0n) is 10.2. The average molecular weight is 274 g/mol. The summed E-state index contributed by atoms with van der Waals surface area (Å²) in [6.07, 6.45) is 7.48. The SMILES string of the molecule is Fc1cnc(Cl)nc1NCCOC1CCCCC1. The van der Waals surface area contributed by atoms with Crippen LogP contribution in [0.15, 0.2) is 6.20 Å². The van der Waals surface area contributed by atoms with Crippen molar-refractivity contribution in [3.8, 4) is 0 Å². The minimum Gasteiger partial charge on any atom is -0.376 e. The molecule has 1 aromatic rings. The topological polar surface area (TPSA) is 47.0 Å². The molecule has 0 unspecified atom stereocenters. The van der Waals surface area contributed by atoms with Crippen molar-refractivity contribution in [2.45, 2.75) is 38.2 Å². The Morgan fingerprint density at radius 3 is 2.94 bits per heavy atom. The molecular weight excluding hydrogens is 257 g/mol. The molecule has 4 nitrogen and oxygen atoms in total. The average Bonchev–Trinajstić information content (AvgIpc) is 2.40. The lowest BCUT2D eigenvalue weighted by Crippen LogP contribution is -2.21. The molecule has 1 saturated carbocycles. The van der Waals surface area contributed by atoms with E-state index in [4.69, 9.17) is 16.3 Å². The summed E-state index contributed by atoms with van der Waals surface area (Å²) in [5.74, 6) is -0.376. The van der Waals surface area contributed by atoms with Crippen LogP contribution in [0.5, 0.6) is 0 Å². The lowest BCUT2D eigenvalue weighted by Gasteiger charge is -2.22. The fourth-order valence-corrected chi connectivity index (χ4v) is 2.23. The molecule has 0 spiro atoms. The van der Waals surface area contributed by atoms with E-state index in [9.17, 15) is 4.39 Å². The van der Waals surface area contributed by atoms with Crippen LogP contribution in [0.25, 0.3) is 0 Å². The third-order valence-corrected chi connectivity index (χ3v) is 3.20. The number of hydrogen-bond acceptors (Lipinski definition) is 4. The maximum Gasteiger partial charge on any atom is 0.224 e. The molecule has 1 fully saturated rings. The van der Waals surface area contributed by atoms with E-state index in [0.29, 0.717) is 19.3 Å². The molecule has 1 aromatic heterocycles. The largest absolute Gasteiger partial charge is 0.376 e. The third kappa shape index (κ3) is 4.07. The summed E-state index contributed by atoms with van der Waals surface area (Å²) in [6, 6.07) is 0. The second kappa shape index (κ2) is 6.85. The quantitative estimate of drug-likeness (QED) is 0.662. The highest BCUT2D eigenvalue weighted by molar-refractivity contribution is 6.28. The number of rotatable bonds is 5. The number of ether oxygens (including phenoxy) is 1. The van der Waals surface area contributed by atoms with Gasteiger partial charge in [-0.1, -0.05) is 19.3 Å². The van der Waals surface area contributed by atoms with Gasteiger partial charge in [0.2, 0.25) is 5.28 Å². The van der Waals surface area contributed by atoms with Crippen molar-refractivity contribution in [3.05, 3.63) is 17.3 Å². The van der Waals surface area contributed by atoms with Crippen LogP contribution in [-0.4, -0.2) is 29.2 Å². The molecule has 0 saturated heterocycles. The van der Waals surface area contributed by atoms with Gasteiger partial charge in [0, 0.05) is 6.54 Å². The van der Waals surface area contributed by atoms with Crippen LogP contribution >= 0.6 is 11.6 Å². The minimum absolute atomic E-state index is 0.0344. The lowest BCUT2D eigenvalue weighted by molar-refractivity contribution is 0.0347. The van der Waals surface area contributed by atoms with Gasteiger partial charge < -0.3 is 10.1 Å². The zero-order chi connectivity index (χ0) is 12.8. The highest BCUT2D eigenvalue weighted by Gasteiger charge is 2.13. The van der Waals surface area contributed by atoms with Gasteiger partial charge in [0.1, 0.15) is 0 Å². The second-order valence-electron chi connectivity index (χ2n) is 4.39. The Kier molecular flexibility index (Phi) is 5.13. The molecule has 0 atom stereocenters. The minimum atomic E-state index is -0.503. The van der Waals surface area contributed by atoms with Crippen LogP contribution in [0.2, 0.25) is 5.28 Å². The maximum atomic E-state index is 13.3. The third-order valence-electron chi connectivity index (χ3n) is 3.01. The van der Waals surface area contributed by atoms with Crippen LogP contribution in [0, 0.1) is 5.82 Å². The van der Waals surface area contributed by atoms with Crippen molar-refractivity contribution in [2.24, 2.45) is 0 Å². The molecule has 1 heterocycles. The Bertz CT molecular complexity index is 386. The first-order valence-corrected chi connectivity index (χ1v) is 6.67. The van der Waals surface area contributed by atoms with Crippen molar-refractivity contribution in [3.63, 3.8) is 0 Å². The number of aromatic nitrogens is 2. The summed E-state index contributed by atoms with van der Waals surface area (Å²) in [5, 5.41) is 2.89. The normalized spacial score (nSPS) is 16.8. The molecule has 100 valence electrons. The van der Waals surface area contributed by atoms with E-state index in [-0.39, 0.29) is 11.1 Å². The Morgan fingerprint density at radius 2 is 2.17 bits per heavy atom. The Labute approximate surface area is 111 Å². The van der Waals surface area contributed by atoms with Crippen LogP contribution in [0.4, 0.5) is 10.2 Å².